The predicted molar refractivity (Wildman–Crippen MR) is 81.4 cm³/mol. The molecule has 1 aromatic carbocycles. The number of nitrogens with one attached hydrogen (secondary N) is 1. The number of hydrogen-bond donors (Lipinski definition) is 1. The topological polar surface area (TPSA) is 29.1 Å². The third-order valence-corrected chi connectivity index (χ3v) is 4.04. The van der Waals surface area contributed by atoms with Crippen LogP contribution in [0.3, 0.4) is 0 Å². The second kappa shape index (κ2) is 5.98. The molecular formula is C14H12BrNOS. The van der Waals surface area contributed by atoms with E-state index >= 15 is 0 Å². The molecule has 18 heavy (non-hydrogen) atoms. The summed E-state index contributed by atoms with van der Waals surface area (Å²) in [5.74, 6) is 0.0159. The van der Waals surface area contributed by atoms with Gasteiger partial charge in [-0.15, -0.1) is 11.3 Å². The predicted octanol–water partition coefficient (Wildman–Crippen LogP) is 4.45. The molecule has 0 aliphatic heterocycles. The zero-order valence-electron chi connectivity index (χ0n) is 9.81. The van der Waals surface area contributed by atoms with Gasteiger partial charge in [-0.05, 0) is 64.5 Å². The Kier molecular flexibility index (Phi) is 4.33. The van der Waals surface area contributed by atoms with Crippen LogP contribution >= 0.6 is 27.3 Å². The molecule has 0 atom stereocenters. The Hall–Kier alpha value is -1.39. The van der Waals surface area contributed by atoms with E-state index in [0.29, 0.717) is 5.56 Å². The fourth-order valence-corrected chi connectivity index (χ4v) is 2.80. The van der Waals surface area contributed by atoms with Crippen LogP contribution in [0.15, 0.2) is 46.3 Å². The van der Waals surface area contributed by atoms with Crippen molar-refractivity contribution in [2.45, 2.75) is 0 Å². The molecule has 2 nitrogen and oxygen atoms in total. The minimum atomic E-state index is 0.0159. The Bertz CT molecular complexity index is 572. The Morgan fingerprint density at radius 2 is 1.94 bits per heavy atom. The minimum absolute atomic E-state index is 0.0159. The SMILES string of the molecule is CNc1ccc(C(=O)/C=C/c2ccc(Br)s2)cc1. The molecule has 0 spiro atoms. The van der Waals surface area contributed by atoms with Gasteiger partial charge in [0, 0.05) is 23.2 Å². The van der Waals surface area contributed by atoms with E-state index in [0.717, 1.165) is 14.4 Å². The zero-order valence-corrected chi connectivity index (χ0v) is 12.2. The summed E-state index contributed by atoms with van der Waals surface area (Å²) >= 11 is 4.99. The number of thiophene rings is 1. The first-order chi connectivity index (χ1) is 8.69. The lowest BCUT2D eigenvalue weighted by atomic mass is 10.1. The van der Waals surface area contributed by atoms with Crippen LogP contribution in [0.2, 0.25) is 0 Å². The maximum absolute atomic E-state index is 11.9. The second-order valence-corrected chi connectivity index (χ2v) is 6.16. The summed E-state index contributed by atoms with van der Waals surface area (Å²) in [5, 5.41) is 3.02. The highest BCUT2D eigenvalue weighted by molar-refractivity contribution is 9.11. The van der Waals surface area contributed by atoms with E-state index in [9.17, 15) is 4.79 Å². The number of ketones is 1. The van der Waals surface area contributed by atoms with Gasteiger partial charge in [0.05, 0.1) is 3.79 Å². The van der Waals surface area contributed by atoms with Crippen molar-refractivity contribution in [1.29, 1.82) is 0 Å². The van der Waals surface area contributed by atoms with Gasteiger partial charge in [0.15, 0.2) is 5.78 Å². The van der Waals surface area contributed by atoms with E-state index in [1.165, 1.54) is 0 Å². The summed E-state index contributed by atoms with van der Waals surface area (Å²) in [4.78, 5) is 13.0. The van der Waals surface area contributed by atoms with Crippen LogP contribution in [-0.2, 0) is 0 Å². The van der Waals surface area contributed by atoms with Gasteiger partial charge in [-0.2, -0.15) is 0 Å². The molecule has 2 aromatic rings. The highest BCUT2D eigenvalue weighted by Crippen LogP contribution is 2.23. The molecule has 0 aliphatic carbocycles. The van der Waals surface area contributed by atoms with Gasteiger partial charge in [-0.3, -0.25) is 4.79 Å². The van der Waals surface area contributed by atoms with E-state index < -0.39 is 0 Å². The highest BCUT2D eigenvalue weighted by Gasteiger charge is 2.01. The standard InChI is InChI=1S/C14H12BrNOS/c1-16-11-4-2-10(3-5-11)13(17)8-6-12-7-9-14(15)18-12/h2-9,16H,1H3/b8-6+. The molecule has 0 radical (unpaired) electrons. The van der Waals surface area contributed by atoms with Gasteiger partial charge in [-0.1, -0.05) is 0 Å². The third kappa shape index (κ3) is 3.31. The quantitative estimate of drug-likeness (QED) is 0.666. The number of anilines is 1. The number of allylic oxidation sites excluding steroid dienone is 1. The average Bonchev–Trinajstić information content (AvgIpc) is 2.82. The lowest BCUT2D eigenvalue weighted by molar-refractivity contribution is 0.104. The Labute approximate surface area is 118 Å². The number of hydrogen-bond acceptors (Lipinski definition) is 3. The van der Waals surface area contributed by atoms with Crippen molar-refractivity contribution in [3.8, 4) is 0 Å². The van der Waals surface area contributed by atoms with Gasteiger partial charge in [0.25, 0.3) is 0 Å². The Balaban J connectivity index is 2.09. The van der Waals surface area contributed by atoms with E-state index in [4.69, 9.17) is 0 Å². The number of carbonyl (C=O) groups excluding carboxylic acids is 1. The molecule has 0 amide bonds. The van der Waals surface area contributed by atoms with Crippen LogP contribution in [0.25, 0.3) is 6.08 Å². The summed E-state index contributed by atoms with van der Waals surface area (Å²) in [6, 6.07) is 11.4. The van der Waals surface area contributed by atoms with Crippen molar-refractivity contribution in [3.63, 3.8) is 0 Å². The second-order valence-electron chi connectivity index (χ2n) is 3.67. The molecule has 4 heteroatoms. The number of carbonyl (C=O) groups is 1. The molecule has 0 unspecified atom stereocenters. The van der Waals surface area contributed by atoms with Gasteiger partial charge >= 0.3 is 0 Å². The molecule has 92 valence electrons. The molecule has 0 saturated carbocycles. The van der Waals surface area contributed by atoms with Crippen molar-refractivity contribution in [2.75, 3.05) is 12.4 Å². The molecule has 1 aromatic heterocycles. The van der Waals surface area contributed by atoms with E-state index in [1.54, 1.807) is 17.4 Å². The molecule has 0 fully saturated rings. The van der Waals surface area contributed by atoms with Crippen LogP contribution in [0, 0.1) is 0 Å². The lowest BCUT2D eigenvalue weighted by Crippen LogP contribution is -1.94. The Morgan fingerprint density at radius 1 is 1.22 bits per heavy atom. The molecule has 1 heterocycles. The summed E-state index contributed by atoms with van der Waals surface area (Å²) in [5.41, 5.74) is 1.69. The molecule has 1 N–H and O–H groups in total. The Morgan fingerprint density at radius 3 is 2.50 bits per heavy atom. The summed E-state index contributed by atoms with van der Waals surface area (Å²) in [7, 11) is 1.85. The van der Waals surface area contributed by atoms with Crippen molar-refractivity contribution in [3.05, 3.63) is 56.7 Å². The van der Waals surface area contributed by atoms with Crippen molar-refractivity contribution in [2.24, 2.45) is 0 Å². The molecule has 0 bridgehead atoms. The van der Waals surface area contributed by atoms with Crippen molar-refractivity contribution >= 4 is 44.8 Å². The van der Waals surface area contributed by atoms with Crippen LogP contribution in [0.4, 0.5) is 5.69 Å². The van der Waals surface area contributed by atoms with Gasteiger partial charge in [0.1, 0.15) is 0 Å². The molecular weight excluding hydrogens is 310 g/mol. The van der Waals surface area contributed by atoms with Crippen LogP contribution < -0.4 is 5.32 Å². The summed E-state index contributed by atoms with van der Waals surface area (Å²) in [6.45, 7) is 0. The normalized spacial score (nSPS) is 10.8. The van der Waals surface area contributed by atoms with E-state index in [2.05, 4.69) is 21.2 Å². The van der Waals surface area contributed by atoms with Crippen molar-refractivity contribution in [1.82, 2.24) is 0 Å². The maximum atomic E-state index is 11.9. The van der Waals surface area contributed by atoms with Gasteiger partial charge in [0.2, 0.25) is 0 Å². The van der Waals surface area contributed by atoms with E-state index in [-0.39, 0.29) is 5.78 Å². The molecule has 0 saturated heterocycles. The smallest absolute Gasteiger partial charge is 0.185 e. The van der Waals surface area contributed by atoms with E-state index in [1.807, 2.05) is 49.5 Å². The number of rotatable bonds is 4. The fraction of sp³-hybridized carbons (Fsp3) is 0.0714. The average molecular weight is 322 g/mol. The monoisotopic (exact) mass is 321 g/mol. The molecule has 0 aliphatic rings. The summed E-state index contributed by atoms with van der Waals surface area (Å²) < 4.78 is 1.06. The largest absolute Gasteiger partial charge is 0.388 e. The fourth-order valence-electron chi connectivity index (χ4n) is 1.47. The lowest BCUT2D eigenvalue weighted by Gasteiger charge is -2.00. The first-order valence-electron chi connectivity index (χ1n) is 5.44. The zero-order chi connectivity index (χ0) is 13.0. The van der Waals surface area contributed by atoms with Gasteiger partial charge < -0.3 is 5.32 Å². The van der Waals surface area contributed by atoms with Crippen molar-refractivity contribution < 1.29 is 4.79 Å². The number of halogens is 1. The third-order valence-electron chi connectivity index (χ3n) is 2.45. The first kappa shape index (κ1) is 13.1. The highest BCUT2D eigenvalue weighted by atomic mass is 79.9. The molecule has 2 rings (SSSR count). The number of benzene rings is 1. The maximum Gasteiger partial charge on any atom is 0.185 e. The van der Waals surface area contributed by atoms with Crippen LogP contribution in [-0.4, -0.2) is 12.8 Å². The van der Waals surface area contributed by atoms with Gasteiger partial charge in [-0.25, -0.2) is 0 Å². The van der Waals surface area contributed by atoms with Crippen LogP contribution in [0.5, 0.6) is 0 Å². The minimum Gasteiger partial charge on any atom is -0.388 e. The van der Waals surface area contributed by atoms with Crippen LogP contribution in [0.1, 0.15) is 15.2 Å². The summed E-state index contributed by atoms with van der Waals surface area (Å²) in [6.07, 6.45) is 3.44. The first-order valence-corrected chi connectivity index (χ1v) is 7.05.